The van der Waals surface area contributed by atoms with E-state index in [0.29, 0.717) is 5.54 Å². The Morgan fingerprint density at radius 3 is 2.32 bits per heavy atom. The van der Waals surface area contributed by atoms with Gasteiger partial charge in [-0.25, -0.2) is 0 Å². The van der Waals surface area contributed by atoms with E-state index in [4.69, 9.17) is 6.42 Å². The van der Waals surface area contributed by atoms with E-state index < -0.39 is 0 Å². The lowest BCUT2D eigenvalue weighted by molar-refractivity contribution is 0.0624. The minimum absolute atomic E-state index is 0.331. The fourth-order valence-electron chi connectivity index (χ4n) is 3.82. The number of terminal acetylenes is 1. The van der Waals surface area contributed by atoms with Gasteiger partial charge in [-0.3, -0.25) is 4.90 Å². The van der Waals surface area contributed by atoms with Gasteiger partial charge in [0.2, 0.25) is 0 Å². The molecule has 1 aliphatic carbocycles. The van der Waals surface area contributed by atoms with Gasteiger partial charge in [0.15, 0.2) is 0 Å². The van der Waals surface area contributed by atoms with Crippen LogP contribution in [0, 0.1) is 12.3 Å². The van der Waals surface area contributed by atoms with Crippen molar-refractivity contribution in [1.29, 1.82) is 0 Å². The van der Waals surface area contributed by atoms with E-state index in [1.165, 1.54) is 70.0 Å². The van der Waals surface area contributed by atoms with Gasteiger partial charge in [0.05, 0.1) is 0 Å². The maximum Gasteiger partial charge on any atom is 0.0420 e. The molecule has 0 amide bonds. The van der Waals surface area contributed by atoms with E-state index in [-0.39, 0.29) is 0 Å². The quantitative estimate of drug-likeness (QED) is 0.538. The van der Waals surface area contributed by atoms with Crippen LogP contribution >= 0.6 is 0 Å². The van der Waals surface area contributed by atoms with Crippen molar-refractivity contribution in [2.24, 2.45) is 0 Å². The van der Waals surface area contributed by atoms with E-state index in [2.05, 4.69) is 23.8 Å². The summed E-state index contributed by atoms with van der Waals surface area (Å²) in [4.78, 5) is 2.77. The van der Waals surface area contributed by atoms with E-state index in [9.17, 15) is 0 Å². The van der Waals surface area contributed by atoms with Gasteiger partial charge in [0, 0.05) is 5.54 Å². The summed E-state index contributed by atoms with van der Waals surface area (Å²) >= 11 is 0. The second-order valence-corrected chi connectivity index (χ2v) is 6.02. The van der Waals surface area contributed by atoms with Crippen molar-refractivity contribution >= 4 is 0 Å². The molecule has 0 bridgehead atoms. The topological polar surface area (TPSA) is 3.24 Å². The van der Waals surface area contributed by atoms with Gasteiger partial charge < -0.3 is 0 Å². The lowest BCUT2D eigenvalue weighted by Crippen LogP contribution is -2.52. The zero-order valence-electron chi connectivity index (χ0n) is 12.3. The second kappa shape index (κ2) is 6.96. The van der Waals surface area contributed by atoms with Crippen molar-refractivity contribution in [2.45, 2.75) is 63.8 Å². The third kappa shape index (κ3) is 3.31. The number of rotatable bonds is 3. The monoisotopic (exact) mass is 257 g/mol. The molecule has 2 rings (SSSR count). The molecule has 1 nitrogen and oxygen atoms in total. The molecule has 1 saturated carbocycles. The lowest BCUT2D eigenvalue weighted by atomic mass is 9.74. The fourth-order valence-corrected chi connectivity index (χ4v) is 3.82. The zero-order valence-corrected chi connectivity index (χ0v) is 12.3. The van der Waals surface area contributed by atoms with Gasteiger partial charge in [0.1, 0.15) is 0 Å². The Bertz CT molecular complexity index is 371. The standard InChI is InChI=1S/C18H27N/c1-3-4-7-12-17(2)18(13-8-5-9-14-18)19-15-10-6-11-16-19/h1,4,7,12H,5-6,8-11,13-16H2,2H3. The van der Waals surface area contributed by atoms with E-state index in [1.54, 1.807) is 6.08 Å². The molecule has 0 radical (unpaired) electrons. The van der Waals surface area contributed by atoms with Gasteiger partial charge in [-0.2, -0.15) is 0 Å². The predicted molar refractivity (Wildman–Crippen MR) is 83.0 cm³/mol. The summed E-state index contributed by atoms with van der Waals surface area (Å²) in [5.41, 5.74) is 1.85. The van der Waals surface area contributed by atoms with Gasteiger partial charge in [-0.15, -0.1) is 6.42 Å². The highest BCUT2D eigenvalue weighted by molar-refractivity contribution is 5.27. The van der Waals surface area contributed by atoms with Crippen molar-refractivity contribution in [3.63, 3.8) is 0 Å². The number of likely N-dealkylation sites (tertiary alicyclic amines) is 1. The Kier molecular flexibility index (Phi) is 5.28. The first kappa shape index (κ1) is 14.4. The van der Waals surface area contributed by atoms with Crippen molar-refractivity contribution < 1.29 is 0 Å². The van der Waals surface area contributed by atoms with Crippen LogP contribution in [0.4, 0.5) is 0 Å². The maximum atomic E-state index is 5.29. The molecule has 2 fully saturated rings. The van der Waals surface area contributed by atoms with Crippen LogP contribution in [-0.4, -0.2) is 23.5 Å². The molecule has 0 aromatic rings. The average Bonchev–Trinajstić information content (AvgIpc) is 2.49. The predicted octanol–water partition coefficient (Wildman–Crippen LogP) is 4.31. The minimum atomic E-state index is 0.331. The van der Waals surface area contributed by atoms with Crippen LogP contribution in [-0.2, 0) is 0 Å². The largest absolute Gasteiger partial charge is 0.294 e. The van der Waals surface area contributed by atoms with Crippen LogP contribution in [0.1, 0.15) is 58.3 Å². The highest BCUT2D eigenvalue weighted by atomic mass is 15.2. The Hall–Kier alpha value is -1.00. The first-order valence-electron chi connectivity index (χ1n) is 7.85. The summed E-state index contributed by atoms with van der Waals surface area (Å²) in [5, 5.41) is 0. The van der Waals surface area contributed by atoms with E-state index >= 15 is 0 Å². The Labute approximate surface area is 118 Å². The lowest BCUT2D eigenvalue weighted by Gasteiger charge is -2.49. The number of allylic oxidation sites excluding steroid dienone is 3. The van der Waals surface area contributed by atoms with Gasteiger partial charge >= 0.3 is 0 Å². The first-order chi connectivity index (χ1) is 9.29. The van der Waals surface area contributed by atoms with Gasteiger partial charge in [-0.1, -0.05) is 49.3 Å². The molecule has 19 heavy (non-hydrogen) atoms. The number of nitrogens with zero attached hydrogens (tertiary/aromatic N) is 1. The minimum Gasteiger partial charge on any atom is -0.294 e. The summed E-state index contributed by atoms with van der Waals surface area (Å²) in [6, 6.07) is 0. The average molecular weight is 257 g/mol. The smallest absolute Gasteiger partial charge is 0.0420 e. The van der Waals surface area contributed by atoms with Crippen LogP contribution in [0.2, 0.25) is 0 Å². The summed E-state index contributed by atoms with van der Waals surface area (Å²) in [5.74, 6) is 2.58. The van der Waals surface area contributed by atoms with Crippen molar-refractivity contribution in [1.82, 2.24) is 4.90 Å². The third-order valence-electron chi connectivity index (χ3n) is 4.91. The summed E-state index contributed by atoms with van der Waals surface area (Å²) < 4.78 is 0. The van der Waals surface area contributed by atoms with Crippen molar-refractivity contribution in [3.8, 4) is 12.3 Å². The van der Waals surface area contributed by atoms with Crippen LogP contribution in [0.3, 0.4) is 0 Å². The molecule has 0 unspecified atom stereocenters. The molecule has 104 valence electrons. The second-order valence-electron chi connectivity index (χ2n) is 6.02. The molecular formula is C18H27N. The Balaban J connectivity index is 2.20. The Morgan fingerprint density at radius 2 is 1.68 bits per heavy atom. The van der Waals surface area contributed by atoms with Crippen molar-refractivity contribution in [2.75, 3.05) is 13.1 Å². The first-order valence-corrected chi connectivity index (χ1v) is 7.85. The maximum absolute atomic E-state index is 5.29. The molecule has 0 atom stereocenters. The van der Waals surface area contributed by atoms with E-state index in [1.807, 2.05) is 6.08 Å². The molecule has 0 N–H and O–H groups in total. The van der Waals surface area contributed by atoms with Crippen LogP contribution in [0.15, 0.2) is 23.8 Å². The third-order valence-corrected chi connectivity index (χ3v) is 4.91. The molecule has 1 saturated heterocycles. The highest BCUT2D eigenvalue weighted by Gasteiger charge is 2.39. The molecular weight excluding hydrogens is 230 g/mol. The van der Waals surface area contributed by atoms with E-state index in [0.717, 1.165) is 0 Å². The van der Waals surface area contributed by atoms with Crippen LogP contribution < -0.4 is 0 Å². The van der Waals surface area contributed by atoms with Gasteiger partial charge in [-0.05, 0) is 51.8 Å². The zero-order chi connectivity index (χ0) is 13.6. The molecule has 0 aromatic heterocycles. The molecule has 1 heterocycles. The number of piperidine rings is 1. The Morgan fingerprint density at radius 1 is 1.05 bits per heavy atom. The summed E-state index contributed by atoms with van der Waals surface area (Å²) in [7, 11) is 0. The fraction of sp³-hybridized carbons (Fsp3) is 0.667. The highest BCUT2D eigenvalue weighted by Crippen LogP contribution is 2.40. The summed E-state index contributed by atoms with van der Waals surface area (Å²) in [6.07, 6.45) is 22.4. The normalized spacial score (nSPS) is 25.4. The van der Waals surface area contributed by atoms with Crippen LogP contribution in [0.5, 0.6) is 0 Å². The van der Waals surface area contributed by atoms with Crippen LogP contribution in [0.25, 0.3) is 0 Å². The number of hydrogen-bond acceptors (Lipinski definition) is 1. The number of hydrogen-bond donors (Lipinski definition) is 0. The van der Waals surface area contributed by atoms with Gasteiger partial charge in [0.25, 0.3) is 0 Å². The SMILES string of the molecule is C#CC=CC=C(C)C1(N2CCCCC2)CCCCC1. The molecule has 1 heteroatoms. The molecule has 0 aromatic carbocycles. The molecule has 0 spiro atoms. The molecule has 2 aliphatic rings. The summed E-state index contributed by atoms with van der Waals surface area (Å²) in [6.45, 7) is 4.87. The van der Waals surface area contributed by atoms with Crippen molar-refractivity contribution in [3.05, 3.63) is 23.8 Å². The molecule has 1 aliphatic heterocycles.